The number of hydrogen-bond acceptors (Lipinski definition) is 3. The van der Waals surface area contributed by atoms with Crippen molar-refractivity contribution >= 4 is 5.91 Å². The fourth-order valence-corrected chi connectivity index (χ4v) is 1.77. The maximum Gasteiger partial charge on any atom is 0.234 e. The molecule has 0 aromatic heterocycles. The van der Waals surface area contributed by atoms with Gasteiger partial charge in [0.05, 0.1) is 6.54 Å². The smallest absolute Gasteiger partial charge is 0.234 e. The van der Waals surface area contributed by atoms with Gasteiger partial charge in [0.1, 0.15) is 0 Å². The van der Waals surface area contributed by atoms with E-state index in [9.17, 15) is 4.79 Å². The predicted octanol–water partition coefficient (Wildman–Crippen LogP) is 0.182. The van der Waals surface area contributed by atoms with Crippen molar-refractivity contribution in [2.24, 2.45) is 11.7 Å². The largest absolute Gasteiger partial charge is 0.355 e. The molecule has 0 radical (unpaired) electrons. The molecular formula is C11H23N3O. The number of likely N-dealkylation sites (tertiary alicyclic amines) is 1. The number of amides is 1. The molecule has 1 aliphatic heterocycles. The fraction of sp³-hybridized carbons (Fsp3) is 0.909. The molecule has 0 aromatic carbocycles. The summed E-state index contributed by atoms with van der Waals surface area (Å²) in [6.07, 6.45) is 2.06. The number of rotatable bonds is 5. The van der Waals surface area contributed by atoms with Crippen LogP contribution >= 0.6 is 0 Å². The van der Waals surface area contributed by atoms with Gasteiger partial charge in [-0.3, -0.25) is 9.69 Å². The summed E-state index contributed by atoms with van der Waals surface area (Å²) in [4.78, 5) is 13.6. The Bertz CT molecular complexity index is 206. The summed E-state index contributed by atoms with van der Waals surface area (Å²) in [5.41, 5.74) is 5.77. The van der Waals surface area contributed by atoms with Crippen molar-refractivity contribution in [1.29, 1.82) is 0 Å². The van der Waals surface area contributed by atoms with E-state index in [0.29, 0.717) is 12.5 Å². The Morgan fingerprint density at radius 1 is 1.60 bits per heavy atom. The van der Waals surface area contributed by atoms with Crippen LogP contribution in [0.4, 0.5) is 0 Å². The van der Waals surface area contributed by atoms with E-state index >= 15 is 0 Å². The Kier molecular flexibility index (Phi) is 5.05. The first kappa shape index (κ1) is 12.5. The highest BCUT2D eigenvalue weighted by molar-refractivity contribution is 5.78. The summed E-state index contributed by atoms with van der Waals surface area (Å²) in [6.45, 7) is 7.43. The van der Waals surface area contributed by atoms with Gasteiger partial charge in [0.2, 0.25) is 5.91 Å². The van der Waals surface area contributed by atoms with Crippen LogP contribution < -0.4 is 11.1 Å². The van der Waals surface area contributed by atoms with Crippen LogP contribution in [0.5, 0.6) is 0 Å². The average molecular weight is 213 g/mol. The predicted molar refractivity (Wildman–Crippen MR) is 61.5 cm³/mol. The molecule has 0 aromatic rings. The first-order valence-corrected chi connectivity index (χ1v) is 5.82. The van der Waals surface area contributed by atoms with E-state index in [1.807, 2.05) is 0 Å². The zero-order valence-electron chi connectivity index (χ0n) is 9.83. The molecule has 88 valence electrons. The lowest BCUT2D eigenvalue weighted by molar-refractivity contribution is -0.122. The van der Waals surface area contributed by atoms with Gasteiger partial charge in [0.15, 0.2) is 0 Å². The normalized spacial score (nSPS) is 22.3. The lowest BCUT2D eigenvalue weighted by Gasteiger charge is -2.14. The van der Waals surface area contributed by atoms with Crippen LogP contribution in [-0.2, 0) is 4.79 Å². The van der Waals surface area contributed by atoms with Crippen molar-refractivity contribution < 1.29 is 4.79 Å². The van der Waals surface area contributed by atoms with Crippen molar-refractivity contribution in [3.63, 3.8) is 0 Å². The second-order valence-electron chi connectivity index (χ2n) is 4.82. The third-order valence-electron chi connectivity index (χ3n) is 2.72. The molecular weight excluding hydrogens is 190 g/mol. The minimum Gasteiger partial charge on any atom is -0.355 e. The molecule has 1 atom stereocenters. The molecule has 1 aliphatic rings. The number of hydrogen-bond donors (Lipinski definition) is 2. The molecule has 0 unspecified atom stereocenters. The zero-order chi connectivity index (χ0) is 11.3. The molecule has 4 nitrogen and oxygen atoms in total. The van der Waals surface area contributed by atoms with Crippen molar-refractivity contribution in [3.05, 3.63) is 0 Å². The van der Waals surface area contributed by atoms with Crippen molar-refractivity contribution in [3.8, 4) is 0 Å². The molecule has 1 amide bonds. The summed E-state index contributed by atoms with van der Waals surface area (Å²) in [7, 11) is 0. The highest BCUT2D eigenvalue weighted by Gasteiger charge is 2.20. The van der Waals surface area contributed by atoms with Gasteiger partial charge in [-0.05, 0) is 18.8 Å². The van der Waals surface area contributed by atoms with Crippen LogP contribution in [0.2, 0.25) is 0 Å². The Morgan fingerprint density at radius 2 is 2.33 bits per heavy atom. The first-order chi connectivity index (χ1) is 7.08. The number of nitrogens with one attached hydrogen (secondary N) is 1. The summed E-state index contributed by atoms with van der Waals surface area (Å²) in [5.74, 6) is 0.773. The van der Waals surface area contributed by atoms with E-state index in [1.165, 1.54) is 0 Å². The monoisotopic (exact) mass is 213 g/mol. The van der Waals surface area contributed by atoms with Gasteiger partial charge in [0, 0.05) is 25.7 Å². The number of carbonyl (C=O) groups excluding carboxylic acids is 1. The lowest BCUT2D eigenvalue weighted by Crippen LogP contribution is -2.37. The molecule has 3 N–H and O–H groups in total. The van der Waals surface area contributed by atoms with Gasteiger partial charge in [-0.1, -0.05) is 13.8 Å². The topological polar surface area (TPSA) is 58.4 Å². The van der Waals surface area contributed by atoms with E-state index in [2.05, 4.69) is 24.1 Å². The highest BCUT2D eigenvalue weighted by atomic mass is 16.2. The number of carbonyl (C=O) groups is 1. The second-order valence-corrected chi connectivity index (χ2v) is 4.82. The quantitative estimate of drug-likeness (QED) is 0.685. The lowest BCUT2D eigenvalue weighted by atomic mass is 10.1. The standard InChI is InChI=1S/C11H23N3O/c1-9(2)3-5-13-11(15)8-14-6-4-10(12)7-14/h9-10H,3-8,12H2,1-2H3,(H,13,15)/t10-/m0/s1. The van der Waals surface area contributed by atoms with Crippen LogP contribution in [0.15, 0.2) is 0 Å². The van der Waals surface area contributed by atoms with E-state index in [-0.39, 0.29) is 11.9 Å². The molecule has 0 bridgehead atoms. The SMILES string of the molecule is CC(C)CCNC(=O)CN1CC[C@H](N)C1. The van der Waals surface area contributed by atoms with E-state index in [4.69, 9.17) is 5.73 Å². The maximum atomic E-state index is 11.5. The minimum atomic E-state index is 0.129. The number of nitrogens with two attached hydrogens (primary N) is 1. The van der Waals surface area contributed by atoms with Gasteiger partial charge >= 0.3 is 0 Å². The molecule has 0 spiro atoms. The molecule has 15 heavy (non-hydrogen) atoms. The Morgan fingerprint density at radius 3 is 2.87 bits per heavy atom. The second kappa shape index (κ2) is 6.08. The molecule has 4 heteroatoms. The van der Waals surface area contributed by atoms with E-state index in [1.54, 1.807) is 0 Å². The minimum absolute atomic E-state index is 0.129. The van der Waals surface area contributed by atoms with Crippen LogP contribution in [0.3, 0.4) is 0 Å². The Balaban J connectivity index is 2.08. The summed E-state index contributed by atoms with van der Waals surface area (Å²) >= 11 is 0. The zero-order valence-corrected chi connectivity index (χ0v) is 9.83. The van der Waals surface area contributed by atoms with E-state index < -0.39 is 0 Å². The fourth-order valence-electron chi connectivity index (χ4n) is 1.77. The third kappa shape index (κ3) is 5.14. The molecule has 1 rings (SSSR count). The highest BCUT2D eigenvalue weighted by Crippen LogP contribution is 2.05. The molecule has 1 fully saturated rings. The Hall–Kier alpha value is -0.610. The summed E-state index contributed by atoms with van der Waals surface area (Å²) in [6, 6.07) is 0.258. The third-order valence-corrected chi connectivity index (χ3v) is 2.72. The Labute approximate surface area is 92.2 Å². The molecule has 1 saturated heterocycles. The first-order valence-electron chi connectivity index (χ1n) is 5.82. The van der Waals surface area contributed by atoms with Crippen molar-refractivity contribution in [1.82, 2.24) is 10.2 Å². The summed E-state index contributed by atoms with van der Waals surface area (Å²) in [5, 5.41) is 2.93. The van der Waals surface area contributed by atoms with Crippen molar-refractivity contribution in [2.45, 2.75) is 32.7 Å². The molecule has 0 saturated carbocycles. The van der Waals surface area contributed by atoms with E-state index in [0.717, 1.165) is 32.5 Å². The average Bonchev–Trinajstić information content (AvgIpc) is 2.50. The maximum absolute atomic E-state index is 11.5. The van der Waals surface area contributed by atoms with Gasteiger partial charge in [-0.25, -0.2) is 0 Å². The van der Waals surface area contributed by atoms with Crippen LogP contribution in [0.25, 0.3) is 0 Å². The number of nitrogens with zero attached hydrogens (tertiary/aromatic N) is 1. The van der Waals surface area contributed by atoms with Crippen LogP contribution in [0.1, 0.15) is 26.7 Å². The van der Waals surface area contributed by atoms with Gasteiger partial charge < -0.3 is 11.1 Å². The van der Waals surface area contributed by atoms with Gasteiger partial charge in [-0.2, -0.15) is 0 Å². The van der Waals surface area contributed by atoms with Crippen LogP contribution in [0, 0.1) is 5.92 Å². The van der Waals surface area contributed by atoms with Crippen molar-refractivity contribution in [2.75, 3.05) is 26.2 Å². The van der Waals surface area contributed by atoms with Gasteiger partial charge in [0.25, 0.3) is 0 Å². The molecule has 1 heterocycles. The van der Waals surface area contributed by atoms with Crippen LogP contribution in [-0.4, -0.2) is 43.0 Å². The summed E-state index contributed by atoms with van der Waals surface area (Å²) < 4.78 is 0. The van der Waals surface area contributed by atoms with Gasteiger partial charge in [-0.15, -0.1) is 0 Å². The molecule has 0 aliphatic carbocycles.